The van der Waals surface area contributed by atoms with Gasteiger partial charge >= 0.3 is 5.97 Å². The summed E-state index contributed by atoms with van der Waals surface area (Å²) in [5.41, 5.74) is 3.60. The zero-order valence-corrected chi connectivity index (χ0v) is 18.1. The summed E-state index contributed by atoms with van der Waals surface area (Å²) >= 11 is 1.35. The maximum absolute atomic E-state index is 12.4. The van der Waals surface area contributed by atoms with E-state index in [1.807, 2.05) is 69.3 Å². The smallest absolute Gasteiger partial charge is 0.342 e. The SMILES string of the molecule is [C-]#[N+]Cc1ccccc1-c1ccc(CC(OC(C)(C)C)(C(=O)O)c2cscn2)cc1. The first-order valence-corrected chi connectivity index (χ1v) is 10.5. The largest absolute Gasteiger partial charge is 0.479 e. The van der Waals surface area contributed by atoms with Gasteiger partial charge in [0.2, 0.25) is 12.1 Å². The van der Waals surface area contributed by atoms with E-state index < -0.39 is 17.2 Å². The van der Waals surface area contributed by atoms with Crippen LogP contribution in [0.2, 0.25) is 0 Å². The summed E-state index contributed by atoms with van der Waals surface area (Å²) in [6.45, 7) is 13.0. The summed E-state index contributed by atoms with van der Waals surface area (Å²) < 4.78 is 6.11. The Morgan fingerprint density at radius 1 is 1.17 bits per heavy atom. The minimum absolute atomic E-state index is 0.160. The van der Waals surface area contributed by atoms with Gasteiger partial charge in [-0.15, -0.1) is 11.3 Å². The third-order valence-corrected chi connectivity index (χ3v) is 5.24. The van der Waals surface area contributed by atoms with E-state index in [0.717, 1.165) is 22.3 Å². The Bertz CT molecular complexity index is 1050. The molecule has 0 aliphatic carbocycles. The van der Waals surface area contributed by atoms with E-state index in [-0.39, 0.29) is 6.42 Å². The first-order chi connectivity index (χ1) is 14.2. The third-order valence-electron chi connectivity index (χ3n) is 4.66. The number of hydrogen-bond donors (Lipinski definition) is 1. The van der Waals surface area contributed by atoms with E-state index in [1.54, 1.807) is 10.9 Å². The normalized spacial score (nSPS) is 13.4. The Hall–Kier alpha value is -3.01. The molecule has 2 aromatic carbocycles. The minimum atomic E-state index is -1.57. The van der Waals surface area contributed by atoms with Gasteiger partial charge in [0, 0.05) is 17.4 Å². The lowest BCUT2D eigenvalue weighted by molar-refractivity contribution is -0.188. The van der Waals surface area contributed by atoms with E-state index in [9.17, 15) is 9.90 Å². The number of thiazole rings is 1. The summed E-state index contributed by atoms with van der Waals surface area (Å²) in [5, 5.41) is 11.9. The zero-order valence-electron chi connectivity index (χ0n) is 17.3. The van der Waals surface area contributed by atoms with E-state index >= 15 is 0 Å². The second kappa shape index (κ2) is 8.78. The number of ether oxygens (including phenoxy) is 1. The van der Waals surface area contributed by atoms with Gasteiger partial charge in [0.05, 0.1) is 16.8 Å². The lowest BCUT2D eigenvalue weighted by atomic mass is 9.89. The van der Waals surface area contributed by atoms with Crippen LogP contribution in [0, 0.1) is 6.57 Å². The second-order valence-corrected chi connectivity index (χ2v) is 8.79. The Morgan fingerprint density at radius 2 is 1.87 bits per heavy atom. The average Bonchev–Trinajstić information content (AvgIpc) is 3.23. The van der Waals surface area contributed by atoms with E-state index in [1.165, 1.54) is 11.3 Å². The number of carboxylic acid groups (broad SMARTS) is 1. The van der Waals surface area contributed by atoms with Gasteiger partial charge < -0.3 is 14.7 Å². The molecule has 0 aliphatic heterocycles. The number of rotatable bonds is 7. The van der Waals surface area contributed by atoms with Crippen LogP contribution in [0.5, 0.6) is 0 Å². The van der Waals surface area contributed by atoms with Crippen molar-refractivity contribution in [2.45, 2.75) is 44.9 Å². The molecule has 1 heterocycles. The summed E-state index contributed by atoms with van der Waals surface area (Å²) in [7, 11) is 0. The van der Waals surface area contributed by atoms with Gasteiger partial charge in [-0.3, -0.25) is 0 Å². The molecule has 1 atom stereocenters. The van der Waals surface area contributed by atoms with Crippen molar-refractivity contribution in [2.75, 3.05) is 0 Å². The van der Waals surface area contributed by atoms with E-state index in [0.29, 0.717) is 12.2 Å². The van der Waals surface area contributed by atoms with Crippen molar-refractivity contribution in [1.29, 1.82) is 0 Å². The fraction of sp³-hybridized carbons (Fsp3) is 0.292. The van der Waals surface area contributed by atoms with Gasteiger partial charge in [0.15, 0.2) is 0 Å². The lowest BCUT2D eigenvalue weighted by Crippen LogP contribution is -2.46. The molecule has 0 saturated heterocycles. The predicted octanol–water partition coefficient (Wildman–Crippen LogP) is 5.57. The van der Waals surface area contributed by atoms with Crippen molar-refractivity contribution in [3.8, 4) is 11.1 Å². The molecule has 0 aliphatic rings. The summed E-state index contributed by atoms with van der Waals surface area (Å²) in [4.78, 5) is 20.2. The molecule has 0 amide bonds. The Labute approximate surface area is 180 Å². The van der Waals surface area contributed by atoms with Crippen LogP contribution in [-0.2, 0) is 28.1 Å². The van der Waals surface area contributed by atoms with Gasteiger partial charge in [-0.25, -0.2) is 16.4 Å². The number of hydrogen-bond acceptors (Lipinski definition) is 4. The van der Waals surface area contributed by atoms with Gasteiger partial charge in [-0.05, 0) is 37.5 Å². The average molecular weight is 421 g/mol. The standard InChI is InChI=1S/C24H24N2O3S/c1-23(2,3)29-24(22(27)28,21-15-30-16-26-21)13-17-9-11-18(12-10-17)20-8-6-5-7-19(20)14-25-4/h5-12,15-16H,13-14H2,1-3H3,(H,27,28). The van der Waals surface area contributed by atoms with Crippen molar-refractivity contribution in [2.24, 2.45) is 0 Å². The Kier molecular flexibility index (Phi) is 6.35. The molecule has 0 saturated carbocycles. The van der Waals surface area contributed by atoms with Crippen molar-refractivity contribution in [3.05, 3.63) is 87.7 Å². The summed E-state index contributed by atoms with van der Waals surface area (Å²) in [5.74, 6) is -1.06. The number of nitrogens with zero attached hydrogens (tertiary/aromatic N) is 2. The number of aromatic nitrogens is 1. The monoisotopic (exact) mass is 420 g/mol. The molecule has 0 spiro atoms. The first-order valence-electron chi connectivity index (χ1n) is 9.58. The summed E-state index contributed by atoms with van der Waals surface area (Å²) in [6, 6.07) is 15.6. The minimum Gasteiger partial charge on any atom is -0.479 e. The highest BCUT2D eigenvalue weighted by atomic mass is 32.1. The fourth-order valence-electron chi connectivity index (χ4n) is 3.46. The highest BCUT2D eigenvalue weighted by Gasteiger charge is 2.46. The highest BCUT2D eigenvalue weighted by molar-refractivity contribution is 7.07. The van der Waals surface area contributed by atoms with Crippen LogP contribution < -0.4 is 0 Å². The van der Waals surface area contributed by atoms with Crippen molar-refractivity contribution in [1.82, 2.24) is 4.98 Å². The fourth-order valence-corrected chi connectivity index (χ4v) is 4.07. The maximum Gasteiger partial charge on any atom is 0.342 e. The van der Waals surface area contributed by atoms with Crippen molar-refractivity contribution >= 4 is 17.3 Å². The molecule has 0 bridgehead atoms. The lowest BCUT2D eigenvalue weighted by Gasteiger charge is -2.35. The van der Waals surface area contributed by atoms with Gasteiger partial charge in [-0.1, -0.05) is 48.5 Å². The Balaban J connectivity index is 1.97. The second-order valence-electron chi connectivity index (χ2n) is 8.07. The van der Waals surface area contributed by atoms with E-state index in [2.05, 4.69) is 9.83 Å². The van der Waals surface area contributed by atoms with Crippen LogP contribution in [0.15, 0.2) is 59.4 Å². The van der Waals surface area contributed by atoms with Crippen LogP contribution in [0.1, 0.15) is 37.6 Å². The van der Waals surface area contributed by atoms with Gasteiger partial charge in [0.25, 0.3) is 0 Å². The molecule has 30 heavy (non-hydrogen) atoms. The maximum atomic E-state index is 12.4. The molecular formula is C24H24N2O3S. The highest BCUT2D eigenvalue weighted by Crippen LogP contribution is 2.35. The molecule has 1 unspecified atom stereocenters. The molecule has 1 N–H and O–H groups in total. The molecular weight excluding hydrogens is 396 g/mol. The number of carboxylic acids is 1. The predicted molar refractivity (Wildman–Crippen MR) is 118 cm³/mol. The number of aliphatic carboxylic acids is 1. The first kappa shape index (κ1) is 21.7. The molecule has 6 heteroatoms. The molecule has 3 aromatic rings. The van der Waals surface area contributed by atoms with Crippen molar-refractivity contribution < 1.29 is 14.6 Å². The van der Waals surface area contributed by atoms with Crippen LogP contribution in [0.4, 0.5) is 0 Å². The number of benzene rings is 2. The summed E-state index contributed by atoms with van der Waals surface area (Å²) in [6.07, 6.45) is 0.160. The molecule has 0 fully saturated rings. The molecule has 154 valence electrons. The van der Waals surface area contributed by atoms with Gasteiger partial charge in [-0.2, -0.15) is 0 Å². The quantitative estimate of drug-likeness (QED) is 0.508. The zero-order chi connectivity index (χ0) is 21.8. The Morgan fingerprint density at radius 3 is 2.43 bits per heavy atom. The van der Waals surface area contributed by atoms with Crippen LogP contribution >= 0.6 is 11.3 Å². The molecule has 0 radical (unpaired) electrons. The van der Waals surface area contributed by atoms with Gasteiger partial charge in [0.1, 0.15) is 0 Å². The van der Waals surface area contributed by atoms with E-state index in [4.69, 9.17) is 11.3 Å². The molecule has 5 nitrogen and oxygen atoms in total. The van der Waals surface area contributed by atoms with Crippen LogP contribution in [0.25, 0.3) is 16.0 Å². The van der Waals surface area contributed by atoms with Crippen molar-refractivity contribution in [3.63, 3.8) is 0 Å². The van der Waals surface area contributed by atoms with Crippen LogP contribution in [-0.4, -0.2) is 21.7 Å². The molecule has 1 aromatic heterocycles. The number of carbonyl (C=O) groups is 1. The topological polar surface area (TPSA) is 63.8 Å². The van der Waals surface area contributed by atoms with Crippen LogP contribution in [0.3, 0.4) is 0 Å². The third kappa shape index (κ3) is 4.76. The molecule has 3 rings (SSSR count).